The van der Waals surface area contributed by atoms with Crippen molar-refractivity contribution in [1.29, 1.82) is 0 Å². The van der Waals surface area contributed by atoms with Crippen molar-refractivity contribution in [3.05, 3.63) is 36.0 Å². The summed E-state index contributed by atoms with van der Waals surface area (Å²) in [5.41, 5.74) is 1.57. The molecule has 0 aliphatic rings. The standard InChI is InChI=1S/C12H11F3N2O/c1-17-7-8(6-16-11(18)12(13,14)15)9-4-2-3-5-10(9)17/h2-5,7H,6H2,1H3,(H,16,18). The second-order valence-electron chi connectivity index (χ2n) is 3.96. The number of hydrogen-bond acceptors (Lipinski definition) is 1. The van der Waals surface area contributed by atoms with Crippen molar-refractivity contribution in [3.63, 3.8) is 0 Å². The van der Waals surface area contributed by atoms with Crippen molar-refractivity contribution in [2.75, 3.05) is 0 Å². The summed E-state index contributed by atoms with van der Waals surface area (Å²) in [6.45, 7) is -0.139. The Balaban J connectivity index is 2.21. The molecule has 0 radical (unpaired) electrons. The lowest BCUT2D eigenvalue weighted by Gasteiger charge is -2.06. The summed E-state index contributed by atoms with van der Waals surface area (Å²) in [4.78, 5) is 10.7. The summed E-state index contributed by atoms with van der Waals surface area (Å²) in [7, 11) is 1.80. The van der Waals surface area contributed by atoms with E-state index in [2.05, 4.69) is 0 Å². The van der Waals surface area contributed by atoms with Crippen LogP contribution in [0, 0.1) is 0 Å². The fourth-order valence-corrected chi connectivity index (χ4v) is 1.84. The summed E-state index contributed by atoms with van der Waals surface area (Å²) in [6, 6.07) is 7.33. The number of hydrogen-bond donors (Lipinski definition) is 1. The number of amides is 1. The number of nitrogens with one attached hydrogen (secondary N) is 1. The number of aromatic nitrogens is 1. The van der Waals surface area contributed by atoms with E-state index in [1.54, 1.807) is 19.3 Å². The highest BCUT2D eigenvalue weighted by Crippen LogP contribution is 2.21. The summed E-state index contributed by atoms with van der Waals surface area (Å²) >= 11 is 0. The summed E-state index contributed by atoms with van der Waals surface area (Å²) in [5, 5.41) is 2.70. The van der Waals surface area contributed by atoms with Crippen LogP contribution < -0.4 is 5.32 Å². The highest BCUT2D eigenvalue weighted by molar-refractivity contribution is 5.85. The first-order chi connectivity index (χ1) is 8.39. The zero-order chi connectivity index (χ0) is 13.3. The average molecular weight is 256 g/mol. The van der Waals surface area contributed by atoms with Crippen LogP contribution in [0.3, 0.4) is 0 Å². The Labute approximate surface area is 101 Å². The van der Waals surface area contributed by atoms with Crippen molar-refractivity contribution in [3.8, 4) is 0 Å². The Morgan fingerprint density at radius 1 is 1.33 bits per heavy atom. The molecule has 2 aromatic rings. The normalized spacial score (nSPS) is 11.8. The van der Waals surface area contributed by atoms with Crippen LogP contribution in [0.5, 0.6) is 0 Å². The van der Waals surface area contributed by atoms with Crippen molar-refractivity contribution >= 4 is 16.8 Å². The predicted molar refractivity (Wildman–Crippen MR) is 60.8 cm³/mol. The first-order valence-corrected chi connectivity index (χ1v) is 5.27. The van der Waals surface area contributed by atoms with Gasteiger partial charge in [-0.25, -0.2) is 0 Å². The SMILES string of the molecule is Cn1cc(CNC(=O)C(F)(F)F)c2ccccc21. The molecule has 0 unspecified atom stereocenters. The Morgan fingerprint density at radius 3 is 2.67 bits per heavy atom. The number of nitrogens with zero attached hydrogens (tertiary/aromatic N) is 1. The van der Waals surface area contributed by atoms with E-state index in [1.807, 2.05) is 28.1 Å². The number of carbonyl (C=O) groups excluding carboxylic acids is 1. The largest absolute Gasteiger partial charge is 0.471 e. The van der Waals surface area contributed by atoms with E-state index in [-0.39, 0.29) is 6.54 Å². The lowest BCUT2D eigenvalue weighted by atomic mass is 10.2. The van der Waals surface area contributed by atoms with Crippen LogP contribution in [0.1, 0.15) is 5.56 Å². The van der Waals surface area contributed by atoms with Gasteiger partial charge in [0.05, 0.1) is 0 Å². The van der Waals surface area contributed by atoms with Crippen molar-refractivity contribution in [1.82, 2.24) is 9.88 Å². The molecule has 96 valence electrons. The van der Waals surface area contributed by atoms with Gasteiger partial charge in [-0.3, -0.25) is 4.79 Å². The number of alkyl halides is 3. The third-order valence-electron chi connectivity index (χ3n) is 2.68. The van der Waals surface area contributed by atoms with Crippen LogP contribution in [0.4, 0.5) is 13.2 Å². The topological polar surface area (TPSA) is 34.0 Å². The van der Waals surface area contributed by atoms with Crippen LogP contribution in [0.15, 0.2) is 30.5 Å². The molecular formula is C12H11F3N2O. The van der Waals surface area contributed by atoms with Gasteiger partial charge in [0, 0.05) is 30.7 Å². The molecule has 1 aromatic carbocycles. The van der Waals surface area contributed by atoms with Gasteiger partial charge in [-0.15, -0.1) is 0 Å². The lowest BCUT2D eigenvalue weighted by molar-refractivity contribution is -0.173. The Hall–Kier alpha value is -1.98. The fraction of sp³-hybridized carbons (Fsp3) is 0.250. The monoisotopic (exact) mass is 256 g/mol. The zero-order valence-corrected chi connectivity index (χ0v) is 9.58. The molecule has 3 nitrogen and oxygen atoms in total. The maximum Gasteiger partial charge on any atom is 0.471 e. The second-order valence-corrected chi connectivity index (χ2v) is 3.96. The van der Waals surface area contributed by atoms with Crippen molar-refractivity contribution in [2.45, 2.75) is 12.7 Å². The first kappa shape index (κ1) is 12.5. The maximum atomic E-state index is 12.1. The smallest absolute Gasteiger partial charge is 0.350 e. The molecule has 0 spiro atoms. The molecule has 0 aliphatic carbocycles. The molecule has 0 saturated heterocycles. The van der Waals surface area contributed by atoms with Crippen molar-refractivity contribution in [2.24, 2.45) is 7.05 Å². The lowest BCUT2D eigenvalue weighted by Crippen LogP contribution is -2.36. The molecule has 0 aliphatic heterocycles. The third-order valence-corrected chi connectivity index (χ3v) is 2.68. The number of carbonyl (C=O) groups is 1. The number of aryl methyl sites for hydroxylation is 1. The molecule has 1 heterocycles. The highest BCUT2D eigenvalue weighted by atomic mass is 19.4. The van der Waals surface area contributed by atoms with Gasteiger partial charge in [-0.2, -0.15) is 13.2 Å². The van der Waals surface area contributed by atoms with Crippen molar-refractivity contribution < 1.29 is 18.0 Å². The molecule has 0 atom stereocenters. The van der Waals surface area contributed by atoms with Gasteiger partial charge in [0.25, 0.3) is 0 Å². The molecular weight excluding hydrogens is 245 g/mol. The summed E-state index contributed by atoms with van der Waals surface area (Å²) < 4.78 is 38.0. The Morgan fingerprint density at radius 2 is 2.00 bits per heavy atom. The molecule has 0 saturated carbocycles. The molecule has 0 fully saturated rings. The number of halogens is 3. The van der Waals surface area contributed by atoms with Crippen LogP contribution in [-0.2, 0) is 18.4 Å². The van der Waals surface area contributed by atoms with Gasteiger partial charge >= 0.3 is 12.1 Å². The fourth-order valence-electron chi connectivity index (χ4n) is 1.84. The van der Waals surface area contributed by atoms with Crippen LogP contribution in [0.25, 0.3) is 10.9 Å². The van der Waals surface area contributed by atoms with E-state index in [9.17, 15) is 18.0 Å². The number of para-hydroxylation sites is 1. The Kier molecular flexibility index (Phi) is 3.02. The second kappa shape index (κ2) is 4.36. The van der Waals surface area contributed by atoms with E-state index in [0.29, 0.717) is 5.56 Å². The molecule has 6 heteroatoms. The number of fused-ring (bicyclic) bond motifs is 1. The van der Waals surface area contributed by atoms with Gasteiger partial charge in [-0.05, 0) is 11.6 Å². The van der Waals surface area contributed by atoms with E-state index in [4.69, 9.17) is 0 Å². The number of rotatable bonds is 2. The quantitative estimate of drug-likeness (QED) is 0.879. The van der Waals surface area contributed by atoms with Gasteiger partial charge in [-0.1, -0.05) is 18.2 Å². The predicted octanol–water partition coefficient (Wildman–Crippen LogP) is 2.36. The molecule has 1 amide bonds. The van der Waals surface area contributed by atoms with E-state index < -0.39 is 12.1 Å². The summed E-state index contributed by atoms with van der Waals surface area (Å²) in [5.74, 6) is -1.92. The molecule has 1 aromatic heterocycles. The van der Waals surface area contributed by atoms with Gasteiger partial charge in [0.15, 0.2) is 0 Å². The minimum absolute atomic E-state index is 0.139. The minimum Gasteiger partial charge on any atom is -0.350 e. The number of benzene rings is 1. The van der Waals surface area contributed by atoms with Gasteiger partial charge in [0.2, 0.25) is 0 Å². The van der Waals surface area contributed by atoms with Gasteiger partial charge in [0.1, 0.15) is 0 Å². The van der Waals surface area contributed by atoms with Crippen LogP contribution in [0.2, 0.25) is 0 Å². The average Bonchev–Trinajstić information content (AvgIpc) is 2.63. The maximum absolute atomic E-state index is 12.1. The molecule has 1 N–H and O–H groups in total. The summed E-state index contributed by atoms with van der Waals surface area (Å²) in [6.07, 6.45) is -3.13. The molecule has 0 bridgehead atoms. The Bertz CT molecular complexity index is 587. The van der Waals surface area contributed by atoms with Crippen LogP contribution >= 0.6 is 0 Å². The van der Waals surface area contributed by atoms with E-state index in [0.717, 1.165) is 10.9 Å². The first-order valence-electron chi connectivity index (χ1n) is 5.27. The zero-order valence-electron chi connectivity index (χ0n) is 9.58. The molecule has 2 rings (SSSR count). The third kappa shape index (κ3) is 2.32. The van der Waals surface area contributed by atoms with E-state index >= 15 is 0 Å². The highest BCUT2D eigenvalue weighted by Gasteiger charge is 2.38. The molecule has 18 heavy (non-hydrogen) atoms. The van der Waals surface area contributed by atoms with Crippen LogP contribution in [-0.4, -0.2) is 16.7 Å². The minimum atomic E-state index is -4.84. The van der Waals surface area contributed by atoms with E-state index in [1.165, 1.54) is 0 Å². The van der Waals surface area contributed by atoms with Gasteiger partial charge < -0.3 is 9.88 Å².